The lowest BCUT2D eigenvalue weighted by Gasteiger charge is -2.17. The van der Waals surface area contributed by atoms with Crippen LogP contribution in [0.25, 0.3) is 0 Å². The summed E-state index contributed by atoms with van der Waals surface area (Å²) in [6.45, 7) is 1.98. The molecular formula is C15H16ClNO2S2. The van der Waals surface area contributed by atoms with Crippen molar-refractivity contribution in [2.45, 2.75) is 30.7 Å². The molecule has 3 nitrogen and oxygen atoms in total. The molecule has 0 aliphatic heterocycles. The first-order chi connectivity index (χ1) is 9.84. The van der Waals surface area contributed by atoms with Gasteiger partial charge in [-0.1, -0.05) is 17.7 Å². The van der Waals surface area contributed by atoms with E-state index in [1.807, 2.05) is 19.1 Å². The van der Waals surface area contributed by atoms with E-state index in [9.17, 15) is 8.42 Å². The van der Waals surface area contributed by atoms with Crippen molar-refractivity contribution >= 4 is 38.5 Å². The zero-order valence-electron chi connectivity index (χ0n) is 11.8. The quantitative estimate of drug-likeness (QED) is 0.909. The molecule has 0 bridgehead atoms. The molecule has 1 aromatic heterocycles. The minimum Gasteiger partial charge on any atom is -0.378 e. The number of halogens is 1. The van der Waals surface area contributed by atoms with Crippen molar-refractivity contribution in [3.63, 3.8) is 0 Å². The summed E-state index contributed by atoms with van der Waals surface area (Å²) in [7, 11) is -3.19. The summed E-state index contributed by atoms with van der Waals surface area (Å²) >= 11 is 7.71. The van der Waals surface area contributed by atoms with Crippen molar-refractivity contribution < 1.29 is 8.42 Å². The fraction of sp³-hybridized carbons (Fsp3) is 0.333. The van der Waals surface area contributed by atoms with Crippen LogP contribution in [0.1, 0.15) is 28.5 Å². The third-order valence-corrected chi connectivity index (χ3v) is 6.26. The smallest absolute Gasteiger partial charge is 0.175 e. The number of fused-ring (bicyclic) bond motifs is 1. The summed E-state index contributed by atoms with van der Waals surface area (Å²) in [5.74, 6) is 0. The maximum atomic E-state index is 11.7. The van der Waals surface area contributed by atoms with Gasteiger partial charge in [-0.05, 0) is 49.1 Å². The Kier molecular flexibility index (Phi) is 3.76. The first-order valence-corrected chi connectivity index (χ1v) is 9.78. The topological polar surface area (TPSA) is 46.2 Å². The van der Waals surface area contributed by atoms with Gasteiger partial charge in [0, 0.05) is 16.8 Å². The van der Waals surface area contributed by atoms with Crippen LogP contribution < -0.4 is 5.32 Å². The van der Waals surface area contributed by atoms with Gasteiger partial charge in [0.1, 0.15) is 0 Å². The van der Waals surface area contributed by atoms with E-state index in [0.717, 1.165) is 28.4 Å². The largest absolute Gasteiger partial charge is 0.378 e. The molecule has 0 spiro atoms. The fourth-order valence-corrected chi connectivity index (χ4v) is 4.66. The van der Waals surface area contributed by atoms with Crippen molar-refractivity contribution in [2.24, 2.45) is 0 Å². The van der Waals surface area contributed by atoms with Gasteiger partial charge in [-0.15, -0.1) is 11.3 Å². The van der Waals surface area contributed by atoms with Crippen molar-refractivity contribution in [2.75, 3.05) is 11.6 Å². The molecule has 1 aromatic carbocycles. The summed E-state index contributed by atoms with van der Waals surface area (Å²) in [5.41, 5.74) is 3.16. The molecule has 0 saturated heterocycles. The highest BCUT2D eigenvalue weighted by Crippen LogP contribution is 2.41. The van der Waals surface area contributed by atoms with Crippen LogP contribution in [0.2, 0.25) is 4.34 Å². The summed E-state index contributed by atoms with van der Waals surface area (Å²) in [5, 5.41) is 3.47. The average molecular weight is 342 g/mol. The normalized spacial score (nSPS) is 17.8. The number of aryl methyl sites for hydroxylation is 2. The predicted octanol–water partition coefficient (Wildman–Crippen LogP) is 4.21. The second-order valence-corrected chi connectivity index (χ2v) is 9.20. The van der Waals surface area contributed by atoms with Crippen LogP contribution >= 0.6 is 22.9 Å². The zero-order chi connectivity index (χ0) is 15.2. The van der Waals surface area contributed by atoms with Gasteiger partial charge in [0.2, 0.25) is 0 Å². The van der Waals surface area contributed by atoms with E-state index in [1.165, 1.54) is 16.7 Å². The van der Waals surface area contributed by atoms with Crippen molar-refractivity contribution in [1.82, 2.24) is 0 Å². The van der Waals surface area contributed by atoms with E-state index in [2.05, 4.69) is 5.32 Å². The number of hydrogen-bond acceptors (Lipinski definition) is 4. The second-order valence-electron chi connectivity index (χ2n) is 5.41. The van der Waals surface area contributed by atoms with Crippen LogP contribution in [0.4, 0.5) is 5.69 Å². The molecule has 1 heterocycles. The van der Waals surface area contributed by atoms with E-state index in [4.69, 9.17) is 11.6 Å². The van der Waals surface area contributed by atoms with E-state index < -0.39 is 9.84 Å². The molecule has 2 aromatic rings. The van der Waals surface area contributed by atoms with Crippen LogP contribution in [0, 0.1) is 6.92 Å². The minimum atomic E-state index is -3.19. The highest BCUT2D eigenvalue weighted by atomic mass is 35.5. The number of rotatable bonds is 3. The number of anilines is 1. The van der Waals surface area contributed by atoms with Gasteiger partial charge in [-0.2, -0.15) is 0 Å². The Bertz CT molecular complexity index is 796. The molecule has 0 radical (unpaired) electrons. The Hall–Kier alpha value is -1.04. The third kappa shape index (κ3) is 2.96. The summed E-state index contributed by atoms with van der Waals surface area (Å²) in [6.07, 6.45) is 3.27. The number of thiophene rings is 1. The van der Waals surface area contributed by atoms with Crippen molar-refractivity contribution in [3.8, 4) is 0 Å². The van der Waals surface area contributed by atoms with Gasteiger partial charge in [0.05, 0.1) is 15.3 Å². The maximum absolute atomic E-state index is 11.7. The molecule has 0 saturated carbocycles. The summed E-state index contributed by atoms with van der Waals surface area (Å²) in [4.78, 5) is 1.67. The summed E-state index contributed by atoms with van der Waals surface area (Å²) < 4.78 is 24.2. The molecule has 0 fully saturated rings. The van der Waals surface area contributed by atoms with E-state index >= 15 is 0 Å². The fourth-order valence-electron chi connectivity index (χ4n) is 2.65. The second kappa shape index (κ2) is 5.30. The van der Waals surface area contributed by atoms with E-state index in [1.54, 1.807) is 23.5 Å². The third-order valence-electron chi connectivity index (χ3n) is 3.81. The van der Waals surface area contributed by atoms with Crippen LogP contribution in [0.3, 0.4) is 0 Å². The van der Waals surface area contributed by atoms with Crippen LogP contribution in [0.5, 0.6) is 0 Å². The number of sulfone groups is 1. The lowest BCUT2D eigenvalue weighted by atomic mass is 10.1. The first kappa shape index (κ1) is 14.9. The van der Waals surface area contributed by atoms with Crippen LogP contribution in [0.15, 0.2) is 29.2 Å². The van der Waals surface area contributed by atoms with Crippen molar-refractivity contribution in [3.05, 3.63) is 44.6 Å². The SMILES string of the molecule is Cc1ccc(S(C)(=O)=O)cc1NC1CCc2sc(Cl)cc21. The molecule has 1 N–H and O–H groups in total. The van der Waals surface area contributed by atoms with Gasteiger partial charge in [0.15, 0.2) is 9.84 Å². The zero-order valence-corrected chi connectivity index (χ0v) is 14.2. The number of nitrogens with one attached hydrogen (secondary N) is 1. The average Bonchev–Trinajstić information content (AvgIpc) is 2.91. The highest BCUT2D eigenvalue weighted by molar-refractivity contribution is 7.90. The van der Waals surface area contributed by atoms with E-state index in [0.29, 0.717) is 4.90 Å². The Morgan fingerprint density at radius 3 is 2.81 bits per heavy atom. The summed E-state index contributed by atoms with van der Waals surface area (Å²) in [6, 6.07) is 7.43. The molecule has 112 valence electrons. The molecule has 0 amide bonds. The lowest BCUT2D eigenvalue weighted by Crippen LogP contribution is -2.09. The van der Waals surface area contributed by atoms with Gasteiger partial charge in [-0.25, -0.2) is 8.42 Å². The van der Waals surface area contributed by atoms with Crippen LogP contribution in [-0.4, -0.2) is 14.7 Å². The molecule has 21 heavy (non-hydrogen) atoms. The standard InChI is InChI=1S/C15H16ClNO2S2/c1-9-3-4-10(21(2,18)19)7-13(9)17-12-5-6-14-11(12)8-15(16)20-14/h3-4,7-8,12,17H,5-6H2,1-2H3. The van der Waals surface area contributed by atoms with E-state index in [-0.39, 0.29) is 6.04 Å². The molecule has 1 aliphatic rings. The van der Waals surface area contributed by atoms with Gasteiger partial charge in [0.25, 0.3) is 0 Å². The number of benzene rings is 1. The molecule has 6 heteroatoms. The molecular weight excluding hydrogens is 326 g/mol. The Morgan fingerprint density at radius 1 is 1.33 bits per heavy atom. The molecule has 1 unspecified atom stereocenters. The Morgan fingerprint density at radius 2 is 2.10 bits per heavy atom. The number of hydrogen-bond donors (Lipinski definition) is 1. The van der Waals surface area contributed by atoms with Gasteiger partial charge < -0.3 is 5.32 Å². The maximum Gasteiger partial charge on any atom is 0.175 e. The minimum absolute atomic E-state index is 0.206. The van der Waals surface area contributed by atoms with Gasteiger partial charge >= 0.3 is 0 Å². The van der Waals surface area contributed by atoms with Gasteiger partial charge in [-0.3, -0.25) is 0 Å². The monoisotopic (exact) mass is 341 g/mol. The Balaban J connectivity index is 1.92. The molecule has 3 rings (SSSR count). The predicted molar refractivity (Wildman–Crippen MR) is 88.3 cm³/mol. The molecule has 1 atom stereocenters. The highest BCUT2D eigenvalue weighted by Gasteiger charge is 2.25. The van der Waals surface area contributed by atoms with Crippen molar-refractivity contribution in [1.29, 1.82) is 0 Å². The first-order valence-electron chi connectivity index (χ1n) is 6.70. The molecule has 1 aliphatic carbocycles. The lowest BCUT2D eigenvalue weighted by molar-refractivity contribution is 0.602. The van der Waals surface area contributed by atoms with Crippen LogP contribution in [-0.2, 0) is 16.3 Å². The Labute approximate surface area is 133 Å².